The first kappa shape index (κ1) is 17.2. The standard InChI is InChI=1S/C20H28O6/c1-9-10-4-5-11-19(7-10,15(9)22)17(24)26-13-6-12(21)18(2,3)14-16(23)25-8-20(11,13)14/h10-16,21-23H,1,4-8H2,2-3H3/t10-,11-,12+,13+,14-,15-,16-,19+,20-/m1/s1. The van der Waals surface area contributed by atoms with Crippen molar-refractivity contribution in [2.45, 2.75) is 64.1 Å². The molecule has 9 atom stereocenters. The van der Waals surface area contributed by atoms with Crippen molar-refractivity contribution in [3.63, 3.8) is 0 Å². The average molecular weight is 364 g/mol. The molecule has 3 aliphatic carbocycles. The summed E-state index contributed by atoms with van der Waals surface area (Å²) in [7, 11) is 0. The van der Waals surface area contributed by atoms with Crippen LogP contribution < -0.4 is 0 Å². The summed E-state index contributed by atoms with van der Waals surface area (Å²) in [5.74, 6) is -0.701. The number of fused-ring (bicyclic) bond motifs is 1. The summed E-state index contributed by atoms with van der Waals surface area (Å²) >= 11 is 0. The summed E-state index contributed by atoms with van der Waals surface area (Å²) < 4.78 is 11.7. The van der Waals surface area contributed by atoms with E-state index in [9.17, 15) is 20.1 Å². The van der Waals surface area contributed by atoms with E-state index in [4.69, 9.17) is 9.47 Å². The molecule has 3 saturated carbocycles. The molecule has 26 heavy (non-hydrogen) atoms. The normalized spacial score (nSPS) is 57.2. The highest BCUT2D eigenvalue weighted by atomic mass is 16.6. The third kappa shape index (κ3) is 1.62. The van der Waals surface area contributed by atoms with Gasteiger partial charge in [0.15, 0.2) is 6.29 Å². The van der Waals surface area contributed by atoms with Crippen LogP contribution in [0.3, 0.4) is 0 Å². The molecule has 2 spiro atoms. The summed E-state index contributed by atoms with van der Waals surface area (Å²) in [4.78, 5) is 13.1. The number of aliphatic hydroxyl groups is 3. The van der Waals surface area contributed by atoms with Gasteiger partial charge in [0.25, 0.3) is 0 Å². The van der Waals surface area contributed by atoms with E-state index in [1.54, 1.807) is 0 Å². The van der Waals surface area contributed by atoms with Crippen molar-refractivity contribution < 1.29 is 29.6 Å². The maximum Gasteiger partial charge on any atom is 0.315 e. The second-order valence-corrected chi connectivity index (χ2v) is 9.81. The highest BCUT2D eigenvalue weighted by molar-refractivity contribution is 5.81. The summed E-state index contributed by atoms with van der Waals surface area (Å²) in [6.07, 6.45) is -0.514. The zero-order valence-electron chi connectivity index (χ0n) is 15.4. The lowest BCUT2D eigenvalue weighted by Gasteiger charge is -2.63. The lowest BCUT2D eigenvalue weighted by molar-refractivity contribution is -0.264. The van der Waals surface area contributed by atoms with Crippen molar-refractivity contribution in [1.82, 2.24) is 0 Å². The highest BCUT2D eigenvalue weighted by Gasteiger charge is 2.77. The molecule has 0 amide bonds. The molecule has 0 aromatic carbocycles. The predicted molar refractivity (Wildman–Crippen MR) is 90.6 cm³/mol. The smallest absolute Gasteiger partial charge is 0.315 e. The van der Waals surface area contributed by atoms with Crippen molar-refractivity contribution in [1.29, 1.82) is 0 Å². The Balaban J connectivity index is 1.70. The van der Waals surface area contributed by atoms with E-state index in [0.29, 0.717) is 19.4 Å². The molecule has 5 rings (SSSR count). The molecule has 0 aromatic heterocycles. The van der Waals surface area contributed by atoms with Crippen molar-refractivity contribution in [2.75, 3.05) is 6.61 Å². The van der Waals surface area contributed by atoms with Crippen molar-refractivity contribution in [3.05, 3.63) is 12.2 Å². The minimum absolute atomic E-state index is 0.138. The van der Waals surface area contributed by atoms with Gasteiger partial charge in [-0.2, -0.15) is 0 Å². The number of ether oxygens (including phenoxy) is 2. The largest absolute Gasteiger partial charge is 0.461 e. The van der Waals surface area contributed by atoms with E-state index >= 15 is 0 Å². The van der Waals surface area contributed by atoms with Crippen molar-refractivity contribution in [3.8, 4) is 0 Å². The van der Waals surface area contributed by atoms with Crippen LogP contribution >= 0.6 is 0 Å². The molecule has 0 unspecified atom stereocenters. The number of rotatable bonds is 0. The fourth-order valence-corrected chi connectivity index (χ4v) is 7.44. The zero-order valence-corrected chi connectivity index (χ0v) is 15.4. The lowest BCUT2D eigenvalue weighted by atomic mass is 9.43. The van der Waals surface area contributed by atoms with Gasteiger partial charge in [-0.05, 0) is 42.1 Å². The number of carbonyl (C=O) groups excluding carboxylic acids is 1. The Morgan fingerprint density at radius 1 is 1.19 bits per heavy atom. The van der Waals surface area contributed by atoms with Gasteiger partial charge in [-0.1, -0.05) is 20.4 Å². The molecular weight excluding hydrogens is 336 g/mol. The number of hydrogen-bond acceptors (Lipinski definition) is 6. The van der Waals surface area contributed by atoms with Gasteiger partial charge in [0.1, 0.15) is 11.5 Å². The minimum atomic E-state index is -1.00. The second kappa shape index (κ2) is 4.90. The first-order valence-electron chi connectivity index (χ1n) is 9.73. The summed E-state index contributed by atoms with van der Waals surface area (Å²) in [5, 5.41) is 32.4. The maximum atomic E-state index is 13.1. The van der Waals surface area contributed by atoms with Gasteiger partial charge in [-0.3, -0.25) is 4.79 Å². The Morgan fingerprint density at radius 3 is 2.65 bits per heavy atom. The van der Waals surface area contributed by atoms with Gasteiger partial charge < -0.3 is 24.8 Å². The molecule has 3 N–H and O–H groups in total. The molecule has 144 valence electrons. The van der Waals surface area contributed by atoms with E-state index in [1.807, 2.05) is 13.8 Å². The number of aliphatic hydroxyl groups excluding tert-OH is 3. The van der Waals surface area contributed by atoms with Gasteiger partial charge in [0.2, 0.25) is 0 Å². The van der Waals surface area contributed by atoms with Crippen LogP contribution in [0.25, 0.3) is 0 Å². The second-order valence-electron chi connectivity index (χ2n) is 9.81. The zero-order chi connectivity index (χ0) is 18.6. The first-order valence-corrected chi connectivity index (χ1v) is 9.73. The summed E-state index contributed by atoms with van der Waals surface area (Å²) in [6, 6.07) is 0. The van der Waals surface area contributed by atoms with Crippen LogP contribution in [0.5, 0.6) is 0 Å². The van der Waals surface area contributed by atoms with Crippen molar-refractivity contribution in [2.24, 2.45) is 34.0 Å². The molecule has 5 aliphatic rings. The van der Waals surface area contributed by atoms with E-state index in [1.165, 1.54) is 0 Å². The van der Waals surface area contributed by atoms with Gasteiger partial charge in [-0.25, -0.2) is 0 Å². The van der Waals surface area contributed by atoms with Crippen LogP contribution in [0, 0.1) is 34.0 Å². The monoisotopic (exact) mass is 364 g/mol. The minimum Gasteiger partial charge on any atom is -0.461 e. The topological polar surface area (TPSA) is 96.2 Å². The summed E-state index contributed by atoms with van der Waals surface area (Å²) in [6.45, 7) is 8.27. The van der Waals surface area contributed by atoms with Crippen molar-refractivity contribution >= 4 is 5.97 Å². The Bertz CT molecular complexity index is 688. The van der Waals surface area contributed by atoms with E-state index in [2.05, 4.69) is 6.58 Å². The van der Waals surface area contributed by atoms with Gasteiger partial charge >= 0.3 is 5.97 Å². The van der Waals surface area contributed by atoms with Crippen LogP contribution in [-0.2, 0) is 14.3 Å². The fraction of sp³-hybridized carbons (Fsp3) is 0.850. The van der Waals surface area contributed by atoms with Crippen LogP contribution in [0.2, 0.25) is 0 Å². The summed E-state index contributed by atoms with van der Waals surface area (Å²) in [5.41, 5.74) is -1.40. The highest BCUT2D eigenvalue weighted by Crippen LogP contribution is 2.71. The SMILES string of the molecule is C=C1[C@@H]2CC[C@@H]3[C@](C2)(C(=O)O[C@H]2C[C@H](O)C(C)(C)[C@H]4[C@H](O)OC[C@@]243)[C@@H]1O. The molecule has 5 fully saturated rings. The van der Waals surface area contributed by atoms with Gasteiger partial charge in [0.05, 0.1) is 18.8 Å². The van der Waals surface area contributed by atoms with Crippen LogP contribution in [0.15, 0.2) is 12.2 Å². The molecule has 2 saturated heterocycles. The fourth-order valence-electron chi connectivity index (χ4n) is 7.44. The van der Waals surface area contributed by atoms with Crippen LogP contribution in [0.1, 0.15) is 39.5 Å². The van der Waals surface area contributed by atoms with Crippen LogP contribution in [0.4, 0.5) is 0 Å². The van der Waals surface area contributed by atoms with E-state index in [0.717, 1.165) is 18.4 Å². The van der Waals surface area contributed by atoms with Gasteiger partial charge in [0, 0.05) is 17.8 Å². The molecular formula is C20H28O6. The number of hydrogen-bond donors (Lipinski definition) is 3. The average Bonchev–Trinajstić information content (AvgIpc) is 3.03. The molecule has 2 aliphatic heterocycles. The molecule has 6 nitrogen and oxygen atoms in total. The van der Waals surface area contributed by atoms with E-state index < -0.39 is 40.8 Å². The quantitative estimate of drug-likeness (QED) is 0.438. The maximum absolute atomic E-state index is 13.1. The predicted octanol–water partition coefficient (Wildman–Crippen LogP) is 0.987. The Kier molecular flexibility index (Phi) is 3.24. The lowest BCUT2D eigenvalue weighted by Crippen LogP contribution is -2.70. The van der Waals surface area contributed by atoms with Crippen LogP contribution in [-0.4, -0.2) is 52.5 Å². The third-order valence-electron chi connectivity index (χ3n) is 8.72. The Hall–Kier alpha value is -0.950. The van der Waals surface area contributed by atoms with E-state index in [-0.39, 0.29) is 23.7 Å². The molecule has 2 heterocycles. The van der Waals surface area contributed by atoms with Gasteiger partial charge in [-0.15, -0.1) is 0 Å². The Labute approximate surface area is 153 Å². The Morgan fingerprint density at radius 2 is 1.92 bits per heavy atom. The number of carbonyl (C=O) groups is 1. The first-order chi connectivity index (χ1) is 12.2. The molecule has 6 heteroatoms. The number of esters is 1. The third-order valence-corrected chi connectivity index (χ3v) is 8.72. The molecule has 2 bridgehead atoms. The molecule has 0 aromatic rings. The molecule has 0 radical (unpaired) electrons.